The molecule has 1 aliphatic heterocycles. The van der Waals surface area contributed by atoms with Gasteiger partial charge in [-0.15, -0.1) is 5.10 Å². The normalized spacial score (nSPS) is 21.2. The maximum Gasteiger partial charge on any atom is 0.243 e. The summed E-state index contributed by atoms with van der Waals surface area (Å²) in [4.78, 5) is 6.73. The Morgan fingerprint density at radius 2 is 2.30 bits per heavy atom. The van der Waals surface area contributed by atoms with Crippen molar-refractivity contribution in [1.29, 1.82) is 0 Å². The van der Waals surface area contributed by atoms with Crippen LogP contribution in [0.15, 0.2) is 24.7 Å². The number of likely N-dealkylation sites (tertiary alicyclic amines) is 1. The summed E-state index contributed by atoms with van der Waals surface area (Å²) in [6.07, 6.45) is 6.28. The number of ether oxygens (including phenoxy) is 1. The van der Waals surface area contributed by atoms with Crippen molar-refractivity contribution >= 4 is 22.7 Å². The van der Waals surface area contributed by atoms with Crippen LogP contribution >= 0.6 is 0 Å². The van der Waals surface area contributed by atoms with Crippen LogP contribution < -0.4 is 10.1 Å². The van der Waals surface area contributed by atoms with E-state index in [0.717, 1.165) is 30.6 Å². The van der Waals surface area contributed by atoms with E-state index in [-0.39, 0.29) is 18.0 Å². The zero-order valence-electron chi connectivity index (χ0n) is 17.3. The summed E-state index contributed by atoms with van der Waals surface area (Å²) in [7, 11) is 0. The molecule has 10 nitrogen and oxygen atoms in total. The smallest absolute Gasteiger partial charge is 0.243 e. The van der Waals surface area contributed by atoms with Crippen LogP contribution in [0.5, 0.6) is 5.75 Å². The Bertz CT molecular complexity index is 1020. The Morgan fingerprint density at radius 1 is 1.47 bits per heavy atom. The average molecular weight is 434 g/mol. The molecular weight excluding hydrogens is 406 g/mol. The number of fused-ring (bicyclic) bond motifs is 1. The first kappa shape index (κ1) is 20.8. The van der Waals surface area contributed by atoms with Gasteiger partial charge in [0.15, 0.2) is 22.5 Å². The molecule has 1 fully saturated rings. The van der Waals surface area contributed by atoms with Gasteiger partial charge in [-0.25, -0.2) is 8.72 Å². The van der Waals surface area contributed by atoms with E-state index in [2.05, 4.69) is 27.5 Å². The second-order valence-corrected chi connectivity index (χ2v) is 8.86. The van der Waals surface area contributed by atoms with Gasteiger partial charge in [0.1, 0.15) is 5.88 Å². The molecule has 1 unspecified atom stereocenters. The van der Waals surface area contributed by atoms with Gasteiger partial charge in [-0.2, -0.15) is 10.1 Å². The second-order valence-electron chi connectivity index (χ2n) is 7.96. The van der Waals surface area contributed by atoms with Gasteiger partial charge in [-0.05, 0) is 32.3 Å². The molecule has 30 heavy (non-hydrogen) atoms. The van der Waals surface area contributed by atoms with Gasteiger partial charge < -0.3 is 14.6 Å². The number of hydrogen-bond acceptors (Lipinski definition) is 7. The van der Waals surface area contributed by atoms with E-state index in [0.29, 0.717) is 23.3 Å². The van der Waals surface area contributed by atoms with Gasteiger partial charge in [-0.1, -0.05) is 6.92 Å². The molecule has 0 saturated carbocycles. The predicted octanol–water partition coefficient (Wildman–Crippen LogP) is 2.21. The fourth-order valence-corrected chi connectivity index (χ4v) is 4.39. The highest BCUT2D eigenvalue weighted by atomic mass is 32.2. The third-order valence-corrected chi connectivity index (χ3v) is 5.81. The zero-order chi connectivity index (χ0) is 21.3. The van der Waals surface area contributed by atoms with Gasteiger partial charge in [0.05, 0.1) is 12.3 Å². The molecule has 3 atom stereocenters. The van der Waals surface area contributed by atoms with Crippen molar-refractivity contribution in [3.63, 3.8) is 0 Å². The molecule has 0 aliphatic carbocycles. The monoisotopic (exact) mass is 433 g/mol. The number of pyridine rings is 1. The van der Waals surface area contributed by atoms with Gasteiger partial charge in [0.2, 0.25) is 5.95 Å². The number of nitrogens with one attached hydrogen (secondary N) is 2. The highest BCUT2D eigenvalue weighted by Gasteiger charge is 2.28. The molecule has 0 amide bonds. The van der Waals surface area contributed by atoms with Crippen molar-refractivity contribution in [1.82, 2.24) is 29.7 Å². The lowest BCUT2D eigenvalue weighted by Crippen LogP contribution is -2.46. The van der Waals surface area contributed by atoms with E-state index < -0.39 is 11.1 Å². The number of piperidine rings is 1. The van der Waals surface area contributed by atoms with Gasteiger partial charge in [0, 0.05) is 42.7 Å². The molecular formula is C19H27N7O3S. The van der Waals surface area contributed by atoms with Crippen LogP contribution in [0, 0.1) is 5.92 Å². The lowest BCUT2D eigenvalue weighted by Gasteiger charge is -2.36. The van der Waals surface area contributed by atoms with E-state index in [1.165, 1.54) is 0 Å². The lowest BCUT2D eigenvalue weighted by molar-refractivity contribution is 0.194. The number of aromatic nitrogens is 5. The standard InChI is InChI=1S/C19H27N7O3S/c1-12(2)29-17-15(14-8-20-21-9-14)4-7-26-18(17)23-19(24-26)22-16-5-6-25(10-13(16)3)11-30(27)28/h4,7-9,12-13,16H,5-6,10-11H2,1-3H3,(H,20,21)(H,22,24)(H,27,28)/t13-,16+/m1/s1. The van der Waals surface area contributed by atoms with Gasteiger partial charge in [-0.3, -0.25) is 10.00 Å². The average Bonchev–Trinajstić information content (AvgIpc) is 3.33. The number of rotatable bonds is 7. The minimum Gasteiger partial charge on any atom is -0.486 e. The highest BCUT2D eigenvalue weighted by molar-refractivity contribution is 7.79. The Kier molecular flexibility index (Phi) is 6.02. The van der Waals surface area contributed by atoms with Crippen molar-refractivity contribution in [3.8, 4) is 16.9 Å². The number of nitrogens with zero attached hydrogens (tertiary/aromatic N) is 5. The molecule has 0 bridgehead atoms. The maximum absolute atomic E-state index is 11.1. The summed E-state index contributed by atoms with van der Waals surface area (Å²) in [5.41, 5.74) is 2.47. The molecule has 1 saturated heterocycles. The molecule has 1 aliphatic rings. The van der Waals surface area contributed by atoms with Gasteiger partial charge >= 0.3 is 0 Å². The van der Waals surface area contributed by atoms with Crippen LogP contribution in [0.4, 0.5) is 5.95 Å². The molecule has 3 aromatic heterocycles. The Labute approximate surface area is 177 Å². The van der Waals surface area contributed by atoms with Crippen LogP contribution in [0.3, 0.4) is 0 Å². The highest BCUT2D eigenvalue weighted by Crippen LogP contribution is 2.34. The second kappa shape index (κ2) is 8.70. The molecule has 3 N–H and O–H groups in total. The third kappa shape index (κ3) is 4.47. The fourth-order valence-electron chi connectivity index (χ4n) is 3.85. The largest absolute Gasteiger partial charge is 0.486 e. The molecule has 0 spiro atoms. The SMILES string of the molecule is CC(C)Oc1c(-c2cn[nH]c2)ccn2nc(N[C@H]3CCN(CS(=O)O)C[C@H]3C)nc12. The third-order valence-electron chi connectivity index (χ3n) is 5.22. The number of anilines is 1. The summed E-state index contributed by atoms with van der Waals surface area (Å²) in [6.45, 7) is 7.60. The maximum atomic E-state index is 11.1. The van der Waals surface area contributed by atoms with Crippen molar-refractivity contribution in [3.05, 3.63) is 24.7 Å². The molecule has 0 aromatic carbocycles. The first-order valence-electron chi connectivity index (χ1n) is 10.0. The van der Waals surface area contributed by atoms with Crippen molar-refractivity contribution < 1.29 is 13.5 Å². The van der Waals surface area contributed by atoms with E-state index in [1.54, 1.807) is 10.7 Å². The molecule has 4 heterocycles. The van der Waals surface area contributed by atoms with E-state index in [9.17, 15) is 4.21 Å². The minimum atomic E-state index is -1.80. The number of H-pyrrole nitrogens is 1. The minimum absolute atomic E-state index is 0.0172. The zero-order valence-corrected chi connectivity index (χ0v) is 18.1. The quantitative estimate of drug-likeness (QED) is 0.485. The summed E-state index contributed by atoms with van der Waals surface area (Å²) in [5.74, 6) is 1.70. The predicted molar refractivity (Wildman–Crippen MR) is 115 cm³/mol. The summed E-state index contributed by atoms with van der Waals surface area (Å²) in [6, 6.07) is 2.14. The van der Waals surface area contributed by atoms with Crippen molar-refractivity contribution in [2.45, 2.75) is 39.3 Å². The molecule has 4 rings (SSSR count). The summed E-state index contributed by atoms with van der Waals surface area (Å²) in [5, 5.41) is 14.9. The number of hydrogen-bond donors (Lipinski definition) is 3. The van der Waals surface area contributed by atoms with Crippen LogP contribution in [0.1, 0.15) is 27.2 Å². The van der Waals surface area contributed by atoms with Crippen LogP contribution in [-0.4, -0.2) is 69.6 Å². The molecule has 3 aromatic rings. The first-order valence-corrected chi connectivity index (χ1v) is 11.3. The molecule has 162 valence electrons. The van der Waals surface area contributed by atoms with Crippen LogP contribution in [0.2, 0.25) is 0 Å². The summed E-state index contributed by atoms with van der Waals surface area (Å²) >= 11 is -1.80. The van der Waals surface area contributed by atoms with Crippen LogP contribution in [0.25, 0.3) is 16.8 Å². The Balaban J connectivity index is 1.58. The number of aromatic amines is 1. The van der Waals surface area contributed by atoms with E-state index >= 15 is 0 Å². The van der Waals surface area contributed by atoms with E-state index in [4.69, 9.17) is 14.3 Å². The Morgan fingerprint density at radius 3 is 2.97 bits per heavy atom. The fraction of sp³-hybridized carbons (Fsp3) is 0.526. The summed E-state index contributed by atoms with van der Waals surface area (Å²) < 4.78 is 28.0. The lowest BCUT2D eigenvalue weighted by atomic mass is 9.94. The van der Waals surface area contributed by atoms with Crippen molar-refractivity contribution in [2.75, 3.05) is 24.3 Å². The molecule has 11 heteroatoms. The molecule has 0 radical (unpaired) electrons. The van der Waals surface area contributed by atoms with Crippen LogP contribution in [-0.2, 0) is 11.1 Å². The first-order chi connectivity index (χ1) is 14.4. The van der Waals surface area contributed by atoms with Gasteiger partial charge in [0.25, 0.3) is 0 Å². The van der Waals surface area contributed by atoms with Crippen molar-refractivity contribution in [2.24, 2.45) is 5.92 Å². The Hall–Kier alpha value is -2.50. The van der Waals surface area contributed by atoms with E-state index in [1.807, 2.05) is 37.2 Å². The topological polar surface area (TPSA) is 121 Å².